The highest BCUT2D eigenvalue weighted by Gasteiger charge is 2.16. The van der Waals surface area contributed by atoms with E-state index in [0.717, 1.165) is 25.4 Å². The summed E-state index contributed by atoms with van der Waals surface area (Å²) < 4.78 is 1.18. The summed E-state index contributed by atoms with van der Waals surface area (Å²) in [5.41, 5.74) is 5.80. The highest BCUT2D eigenvalue weighted by atomic mass is 79.9. The number of halogens is 1. The lowest BCUT2D eigenvalue weighted by atomic mass is 9.86. The van der Waals surface area contributed by atoms with Gasteiger partial charge in [0, 0.05) is 18.0 Å². The van der Waals surface area contributed by atoms with Gasteiger partial charge in [-0.05, 0) is 53.2 Å². The number of hydrogen-bond donors (Lipinski definition) is 2. The molecule has 1 aliphatic carbocycles. The number of thiophene rings is 1. The molecule has 1 heterocycles. The van der Waals surface area contributed by atoms with E-state index in [9.17, 15) is 0 Å². The maximum atomic E-state index is 5.80. The zero-order valence-electron chi connectivity index (χ0n) is 9.79. The third-order valence-corrected chi connectivity index (χ3v) is 4.73. The Morgan fingerprint density at radius 1 is 1.53 bits per heavy atom. The molecule has 5 heteroatoms. The Balaban J connectivity index is 1.63. The van der Waals surface area contributed by atoms with Crippen LogP contribution >= 0.6 is 27.3 Å². The SMILES string of the molecule is NC(=NCC1CCC1)NCCc1ccc(Br)s1. The van der Waals surface area contributed by atoms with Crippen LogP contribution in [0.25, 0.3) is 0 Å². The van der Waals surface area contributed by atoms with Gasteiger partial charge in [-0.15, -0.1) is 11.3 Å². The van der Waals surface area contributed by atoms with Gasteiger partial charge >= 0.3 is 0 Å². The molecule has 2 rings (SSSR count). The second-order valence-corrected chi connectivity index (χ2v) is 6.95. The van der Waals surface area contributed by atoms with E-state index in [1.807, 2.05) is 0 Å². The Labute approximate surface area is 115 Å². The quantitative estimate of drug-likeness (QED) is 0.648. The van der Waals surface area contributed by atoms with Crippen LogP contribution in [0.15, 0.2) is 20.9 Å². The number of nitrogens with two attached hydrogens (primary N) is 1. The van der Waals surface area contributed by atoms with Crippen LogP contribution in [0.3, 0.4) is 0 Å². The standard InChI is InChI=1S/C12H18BrN3S/c13-11-5-4-10(17-11)6-7-15-12(14)16-8-9-2-1-3-9/h4-5,9H,1-3,6-8H2,(H3,14,15,16). The minimum absolute atomic E-state index is 0.590. The molecule has 0 spiro atoms. The Morgan fingerprint density at radius 2 is 2.35 bits per heavy atom. The molecule has 17 heavy (non-hydrogen) atoms. The summed E-state index contributed by atoms with van der Waals surface area (Å²) >= 11 is 5.22. The van der Waals surface area contributed by atoms with E-state index in [1.165, 1.54) is 27.9 Å². The molecule has 0 bridgehead atoms. The lowest BCUT2D eigenvalue weighted by Gasteiger charge is -2.23. The maximum Gasteiger partial charge on any atom is 0.188 e. The monoisotopic (exact) mass is 315 g/mol. The van der Waals surface area contributed by atoms with Gasteiger partial charge in [0.25, 0.3) is 0 Å². The third kappa shape index (κ3) is 4.32. The van der Waals surface area contributed by atoms with Crippen molar-refractivity contribution in [3.8, 4) is 0 Å². The summed E-state index contributed by atoms with van der Waals surface area (Å²) in [5, 5.41) is 3.16. The fourth-order valence-electron chi connectivity index (χ4n) is 1.76. The van der Waals surface area contributed by atoms with Crippen LogP contribution in [0.4, 0.5) is 0 Å². The van der Waals surface area contributed by atoms with E-state index < -0.39 is 0 Å². The van der Waals surface area contributed by atoms with Crippen molar-refractivity contribution in [1.82, 2.24) is 5.32 Å². The van der Waals surface area contributed by atoms with Crippen molar-refractivity contribution in [1.29, 1.82) is 0 Å². The second kappa shape index (κ2) is 6.40. The molecule has 1 aliphatic rings. The fourth-order valence-corrected chi connectivity index (χ4v) is 3.24. The number of nitrogens with one attached hydrogen (secondary N) is 1. The van der Waals surface area contributed by atoms with Crippen molar-refractivity contribution in [3.05, 3.63) is 20.8 Å². The van der Waals surface area contributed by atoms with Gasteiger partial charge < -0.3 is 11.1 Å². The summed E-state index contributed by atoms with van der Waals surface area (Å²) in [7, 11) is 0. The van der Waals surface area contributed by atoms with Gasteiger partial charge in [0.05, 0.1) is 3.79 Å². The first-order valence-corrected chi connectivity index (χ1v) is 7.63. The van der Waals surface area contributed by atoms with Crippen LogP contribution in [-0.2, 0) is 6.42 Å². The van der Waals surface area contributed by atoms with Crippen LogP contribution in [0.2, 0.25) is 0 Å². The molecule has 0 unspecified atom stereocenters. The Bertz CT molecular complexity index is 385. The van der Waals surface area contributed by atoms with E-state index in [0.29, 0.717) is 5.96 Å². The predicted octanol–water partition coefficient (Wildman–Crippen LogP) is 2.76. The fraction of sp³-hybridized carbons (Fsp3) is 0.583. The summed E-state index contributed by atoms with van der Waals surface area (Å²) in [6, 6.07) is 4.21. The molecule has 0 radical (unpaired) electrons. The zero-order valence-corrected chi connectivity index (χ0v) is 12.2. The highest BCUT2D eigenvalue weighted by molar-refractivity contribution is 9.11. The van der Waals surface area contributed by atoms with Crippen LogP contribution in [0.1, 0.15) is 24.1 Å². The summed E-state index contributed by atoms with van der Waals surface area (Å²) in [5.74, 6) is 1.37. The molecule has 1 fully saturated rings. The molecular formula is C12H18BrN3S. The van der Waals surface area contributed by atoms with Gasteiger partial charge in [0.1, 0.15) is 0 Å². The van der Waals surface area contributed by atoms with Gasteiger partial charge in [-0.25, -0.2) is 0 Å². The summed E-state index contributed by atoms with van der Waals surface area (Å²) in [6.45, 7) is 1.75. The van der Waals surface area contributed by atoms with Crippen molar-refractivity contribution in [3.63, 3.8) is 0 Å². The molecule has 0 aromatic carbocycles. The summed E-state index contributed by atoms with van der Waals surface area (Å²) in [4.78, 5) is 5.72. The Hall–Kier alpha value is -0.550. The summed E-state index contributed by atoms with van der Waals surface area (Å²) in [6.07, 6.45) is 5.00. The molecule has 1 saturated carbocycles. The lowest BCUT2D eigenvalue weighted by Crippen LogP contribution is -2.34. The second-order valence-electron chi connectivity index (χ2n) is 4.41. The minimum Gasteiger partial charge on any atom is -0.370 e. The van der Waals surface area contributed by atoms with Gasteiger partial charge in [-0.3, -0.25) is 4.99 Å². The molecule has 3 nitrogen and oxygen atoms in total. The molecular weight excluding hydrogens is 298 g/mol. The van der Waals surface area contributed by atoms with E-state index in [2.05, 4.69) is 38.4 Å². The lowest BCUT2D eigenvalue weighted by molar-refractivity contribution is 0.326. The van der Waals surface area contributed by atoms with Crippen LogP contribution in [0, 0.1) is 5.92 Å². The van der Waals surface area contributed by atoms with Crippen molar-refractivity contribution in [2.45, 2.75) is 25.7 Å². The molecule has 0 atom stereocenters. The van der Waals surface area contributed by atoms with Crippen molar-refractivity contribution in [2.75, 3.05) is 13.1 Å². The smallest absolute Gasteiger partial charge is 0.188 e. The van der Waals surface area contributed by atoms with E-state index in [-0.39, 0.29) is 0 Å². The first-order valence-electron chi connectivity index (χ1n) is 6.02. The highest BCUT2D eigenvalue weighted by Crippen LogP contribution is 2.26. The van der Waals surface area contributed by atoms with Crippen molar-refractivity contribution >= 4 is 33.2 Å². The minimum atomic E-state index is 0.590. The van der Waals surface area contributed by atoms with Crippen molar-refractivity contribution < 1.29 is 0 Å². The predicted molar refractivity (Wildman–Crippen MR) is 77.6 cm³/mol. The number of rotatable bonds is 5. The van der Waals surface area contributed by atoms with E-state index >= 15 is 0 Å². The van der Waals surface area contributed by atoms with Crippen LogP contribution in [0.5, 0.6) is 0 Å². The first kappa shape index (κ1) is 12.9. The first-order chi connectivity index (χ1) is 8.24. The molecule has 94 valence electrons. The normalized spacial score (nSPS) is 16.9. The number of nitrogens with zero attached hydrogens (tertiary/aromatic N) is 1. The number of aliphatic imine (C=N–C) groups is 1. The third-order valence-electron chi connectivity index (χ3n) is 3.05. The van der Waals surface area contributed by atoms with Gasteiger partial charge in [0.2, 0.25) is 0 Å². The molecule has 1 aromatic heterocycles. The average Bonchev–Trinajstić information content (AvgIpc) is 2.62. The van der Waals surface area contributed by atoms with Gasteiger partial charge in [0.15, 0.2) is 5.96 Å². The number of guanidine groups is 1. The maximum absolute atomic E-state index is 5.80. The topological polar surface area (TPSA) is 50.4 Å². The molecule has 0 aliphatic heterocycles. The largest absolute Gasteiger partial charge is 0.370 e. The van der Waals surface area contributed by atoms with E-state index in [4.69, 9.17) is 5.73 Å². The Morgan fingerprint density at radius 3 is 2.94 bits per heavy atom. The Kier molecular flexibility index (Phi) is 4.86. The zero-order chi connectivity index (χ0) is 12.1. The van der Waals surface area contributed by atoms with Gasteiger partial charge in [-0.2, -0.15) is 0 Å². The van der Waals surface area contributed by atoms with Crippen LogP contribution in [-0.4, -0.2) is 19.0 Å². The molecule has 3 N–H and O–H groups in total. The van der Waals surface area contributed by atoms with Crippen molar-refractivity contribution in [2.24, 2.45) is 16.6 Å². The van der Waals surface area contributed by atoms with E-state index in [1.54, 1.807) is 11.3 Å². The van der Waals surface area contributed by atoms with Gasteiger partial charge in [-0.1, -0.05) is 6.42 Å². The number of hydrogen-bond acceptors (Lipinski definition) is 2. The average molecular weight is 316 g/mol. The van der Waals surface area contributed by atoms with Crippen LogP contribution < -0.4 is 11.1 Å². The molecule has 0 amide bonds. The molecule has 0 saturated heterocycles. The molecule has 1 aromatic rings.